The Labute approximate surface area is 166 Å². The van der Waals surface area contributed by atoms with E-state index in [0.29, 0.717) is 0 Å². The summed E-state index contributed by atoms with van der Waals surface area (Å²) >= 11 is 0. The Morgan fingerprint density at radius 1 is 1.43 bits per heavy atom. The van der Waals surface area contributed by atoms with Crippen molar-refractivity contribution < 1.29 is 50.6 Å². The highest BCUT2D eigenvalue weighted by Crippen LogP contribution is 2.63. The molecule has 1 fully saturated rings. The van der Waals surface area contributed by atoms with E-state index in [-0.39, 0.29) is 23.4 Å². The molecule has 0 aromatic carbocycles. The standard InChI is InChI=1S/C11H16FN4O11P3/c12-7-3-5(4-24-29(20,21)27-30(22,23)26-28(18)19)25-10(7)16-2-1-6-8(16)14-11(13)15-9(6)17/h1-2,5,7,10,28H,3-4H2,(H,18,19)(H,20,21)(H,22,23)(H3,13,14,15,17)/t5-,7-,10+/m0/s1. The molecular weight excluding hydrogens is 476 g/mol. The Morgan fingerprint density at radius 3 is 2.80 bits per heavy atom. The lowest BCUT2D eigenvalue weighted by atomic mass is 10.2. The summed E-state index contributed by atoms with van der Waals surface area (Å²) in [5, 5.41) is 0.134. The summed E-state index contributed by atoms with van der Waals surface area (Å²) in [6.07, 6.45) is -2.95. The molecule has 2 aromatic rings. The van der Waals surface area contributed by atoms with Crippen molar-refractivity contribution in [2.45, 2.75) is 24.9 Å². The molecule has 15 nitrogen and oxygen atoms in total. The second kappa shape index (κ2) is 8.60. The van der Waals surface area contributed by atoms with Gasteiger partial charge in [0.05, 0.1) is 18.1 Å². The maximum absolute atomic E-state index is 14.5. The van der Waals surface area contributed by atoms with Crippen molar-refractivity contribution in [2.24, 2.45) is 0 Å². The number of nitrogen functional groups attached to an aromatic ring is 1. The van der Waals surface area contributed by atoms with E-state index >= 15 is 0 Å². The van der Waals surface area contributed by atoms with Crippen LogP contribution in [-0.4, -0.2) is 48.1 Å². The highest BCUT2D eigenvalue weighted by atomic mass is 31.3. The van der Waals surface area contributed by atoms with Gasteiger partial charge in [-0.05, 0) is 6.07 Å². The normalized spacial score (nSPS) is 27.0. The number of rotatable bonds is 8. The molecular formula is C11H16FN4O11P3. The predicted molar refractivity (Wildman–Crippen MR) is 97.2 cm³/mol. The first-order valence-corrected chi connectivity index (χ1v) is 12.2. The molecule has 168 valence electrons. The third-order valence-corrected chi connectivity index (χ3v) is 7.50. The van der Waals surface area contributed by atoms with Crippen molar-refractivity contribution >= 4 is 40.9 Å². The lowest BCUT2D eigenvalue weighted by Crippen LogP contribution is -2.19. The molecule has 1 aliphatic rings. The van der Waals surface area contributed by atoms with Crippen LogP contribution < -0.4 is 11.3 Å². The van der Waals surface area contributed by atoms with Gasteiger partial charge < -0.3 is 29.7 Å². The van der Waals surface area contributed by atoms with E-state index in [4.69, 9.17) is 20.3 Å². The number of aromatic nitrogens is 3. The van der Waals surface area contributed by atoms with Crippen molar-refractivity contribution in [1.82, 2.24) is 14.5 Å². The predicted octanol–water partition coefficient (Wildman–Crippen LogP) is 0.565. The topological polar surface area (TPSA) is 226 Å². The van der Waals surface area contributed by atoms with E-state index in [1.807, 2.05) is 0 Å². The number of aromatic amines is 1. The molecule has 0 spiro atoms. The summed E-state index contributed by atoms with van der Waals surface area (Å²) in [6, 6.07) is 1.38. The molecule has 6 N–H and O–H groups in total. The van der Waals surface area contributed by atoms with E-state index in [0.717, 1.165) is 0 Å². The van der Waals surface area contributed by atoms with E-state index in [9.17, 15) is 27.8 Å². The number of hydrogen-bond acceptors (Lipinski definition) is 10. The van der Waals surface area contributed by atoms with Gasteiger partial charge in [-0.2, -0.15) is 9.29 Å². The van der Waals surface area contributed by atoms with Gasteiger partial charge in [-0.25, -0.2) is 17.8 Å². The van der Waals surface area contributed by atoms with E-state index < -0.39 is 54.6 Å². The first-order valence-electron chi connectivity index (χ1n) is 7.97. The number of phosphoric acid groups is 2. The minimum atomic E-state index is -5.36. The number of ether oxygens (including phenoxy) is 1. The Kier molecular flexibility index (Phi) is 6.65. The molecule has 3 unspecified atom stereocenters. The summed E-state index contributed by atoms with van der Waals surface area (Å²) in [4.78, 5) is 45.1. The van der Waals surface area contributed by atoms with Crippen molar-refractivity contribution in [3.8, 4) is 0 Å². The number of anilines is 1. The molecule has 1 saturated heterocycles. The van der Waals surface area contributed by atoms with Gasteiger partial charge in [-0.3, -0.25) is 18.9 Å². The van der Waals surface area contributed by atoms with Gasteiger partial charge in [0.2, 0.25) is 5.95 Å². The van der Waals surface area contributed by atoms with Crippen molar-refractivity contribution in [1.29, 1.82) is 0 Å². The van der Waals surface area contributed by atoms with E-state index in [2.05, 4.69) is 23.1 Å². The van der Waals surface area contributed by atoms with Gasteiger partial charge in [-0.1, -0.05) is 0 Å². The van der Waals surface area contributed by atoms with Crippen LogP contribution in [0, 0.1) is 0 Å². The lowest BCUT2D eigenvalue weighted by molar-refractivity contribution is -0.0343. The minimum absolute atomic E-state index is 0.0548. The van der Waals surface area contributed by atoms with Gasteiger partial charge in [-0.15, -0.1) is 0 Å². The number of nitrogens with one attached hydrogen (secondary N) is 1. The first kappa shape index (κ1) is 23.2. The van der Waals surface area contributed by atoms with Crippen LogP contribution in [0.2, 0.25) is 0 Å². The Bertz CT molecular complexity index is 1120. The van der Waals surface area contributed by atoms with Crippen molar-refractivity contribution in [3.05, 3.63) is 22.6 Å². The third kappa shape index (κ3) is 5.42. The maximum atomic E-state index is 14.5. The zero-order valence-electron chi connectivity index (χ0n) is 14.7. The quantitative estimate of drug-likeness (QED) is 0.318. The molecule has 2 aromatic heterocycles. The second-order valence-corrected chi connectivity index (χ2v) is 10.0. The summed E-state index contributed by atoms with van der Waals surface area (Å²) in [6.45, 7) is -0.742. The number of halogens is 1. The molecule has 1 aliphatic heterocycles. The SMILES string of the molecule is Nc1nc2c(ccn2[C@@H]2O[C@H](COP(=O)(O)OP(=O)(O)O[PH](=O)O)C[C@@H]2F)c(=O)[nH]1. The van der Waals surface area contributed by atoms with Gasteiger partial charge in [0.15, 0.2) is 11.9 Å². The average Bonchev–Trinajstić information content (AvgIpc) is 3.14. The molecule has 6 atom stereocenters. The van der Waals surface area contributed by atoms with E-state index in [1.54, 1.807) is 0 Å². The van der Waals surface area contributed by atoms with Gasteiger partial charge in [0.1, 0.15) is 6.17 Å². The number of fused-ring (bicyclic) bond motifs is 1. The summed E-state index contributed by atoms with van der Waals surface area (Å²) < 4.78 is 66.5. The summed E-state index contributed by atoms with van der Waals surface area (Å²) in [5.41, 5.74) is 5.01. The number of H-pyrrole nitrogens is 1. The lowest BCUT2D eigenvalue weighted by Gasteiger charge is -2.18. The van der Waals surface area contributed by atoms with Crippen molar-refractivity contribution in [3.63, 3.8) is 0 Å². The van der Waals surface area contributed by atoms with Crippen LogP contribution in [0.3, 0.4) is 0 Å². The zero-order chi connectivity index (χ0) is 22.3. The molecule has 3 heterocycles. The molecule has 0 bridgehead atoms. The molecule has 0 saturated carbocycles. The number of nitrogens with two attached hydrogens (primary N) is 1. The second-order valence-electron chi connectivity index (χ2n) is 5.98. The molecule has 19 heteroatoms. The number of hydrogen-bond donors (Lipinski definition) is 5. The summed E-state index contributed by atoms with van der Waals surface area (Å²) in [5.74, 6) is -0.194. The van der Waals surface area contributed by atoms with Crippen LogP contribution in [0.1, 0.15) is 12.6 Å². The molecule has 0 radical (unpaired) electrons. The van der Waals surface area contributed by atoms with Crippen LogP contribution >= 0.6 is 23.9 Å². The number of alkyl halides is 1. The first-order chi connectivity index (χ1) is 13.9. The molecule has 0 aliphatic carbocycles. The monoisotopic (exact) mass is 492 g/mol. The fraction of sp³-hybridized carbons (Fsp3) is 0.455. The average molecular weight is 492 g/mol. The maximum Gasteiger partial charge on any atom is 0.488 e. The summed E-state index contributed by atoms with van der Waals surface area (Å²) in [7, 11) is -14.5. The van der Waals surface area contributed by atoms with Crippen LogP contribution in [0.4, 0.5) is 10.3 Å². The van der Waals surface area contributed by atoms with Gasteiger partial charge in [0, 0.05) is 12.6 Å². The third-order valence-electron chi connectivity index (χ3n) is 3.83. The molecule has 30 heavy (non-hydrogen) atoms. The van der Waals surface area contributed by atoms with Crippen LogP contribution in [0.15, 0.2) is 17.1 Å². The highest BCUT2D eigenvalue weighted by molar-refractivity contribution is 7.64. The Hall–Kier alpha value is -1.44. The highest BCUT2D eigenvalue weighted by Gasteiger charge is 2.41. The Balaban J connectivity index is 1.67. The van der Waals surface area contributed by atoms with Gasteiger partial charge >= 0.3 is 23.9 Å². The fourth-order valence-electron chi connectivity index (χ4n) is 2.76. The zero-order valence-corrected chi connectivity index (χ0v) is 17.4. The number of phosphoric ester groups is 1. The smallest absolute Gasteiger partial charge is 0.369 e. The number of nitrogens with zero attached hydrogens (tertiary/aromatic N) is 2. The van der Waals surface area contributed by atoms with Crippen LogP contribution in [0.25, 0.3) is 11.0 Å². The minimum Gasteiger partial charge on any atom is -0.369 e. The van der Waals surface area contributed by atoms with Crippen molar-refractivity contribution in [2.75, 3.05) is 12.3 Å². The fourth-order valence-corrected chi connectivity index (χ4v) is 5.57. The van der Waals surface area contributed by atoms with E-state index in [1.165, 1.54) is 16.8 Å². The van der Waals surface area contributed by atoms with Crippen LogP contribution in [0.5, 0.6) is 0 Å². The van der Waals surface area contributed by atoms with Gasteiger partial charge in [0.25, 0.3) is 5.56 Å². The largest absolute Gasteiger partial charge is 0.488 e. The van der Waals surface area contributed by atoms with Crippen LogP contribution in [-0.2, 0) is 31.6 Å². The Morgan fingerprint density at radius 2 is 2.13 bits per heavy atom. The molecule has 3 rings (SSSR count). The molecule has 0 amide bonds.